The monoisotopic (exact) mass is 499 g/mol. The minimum atomic E-state index is -4.38. The third kappa shape index (κ3) is 6.15. The predicted molar refractivity (Wildman–Crippen MR) is 125 cm³/mol. The fraction of sp³-hybridized carbons (Fsp3) is 0.160. The van der Waals surface area contributed by atoms with E-state index in [1.165, 1.54) is 30.6 Å². The number of methoxy groups -OCH3 is 1. The highest BCUT2D eigenvalue weighted by atomic mass is 32.1. The van der Waals surface area contributed by atoms with Crippen LogP contribution in [0, 0.1) is 0 Å². The molecule has 2 aromatic heterocycles. The van der Waals surface area contributed by atoms with Gasteiger partial charge in [-0.3, -0.25) is 9.78 Å². The zero-order valence-electron chi connectivity index (χ0n) is 18.5. The number of alkyl halides is 3. The second kappa shape index (κ2) is 10.6. The van der Waals surface area contributed by atoms with E-state index >= 15 is 0 Å². The normalized spacial score (nSPS) is 11.2. The van der Waals surface area contributed by atoms with Crippen LogP contribution in [0.2, 0.25) is 0 Å². The molecule has 1 amide bonds. The lowest BCUT2D eigenvalue weighted by Gasteiger charge is -2.12. The zero-order chi connectivity index (χ0) is 24.8. The Labute approximate surface area is 203 Å². The molecular formula is C25H20F3N3O3S. The molecule has 10 heteroatoms. The maximum Gasteiger partial charge on any atom is 0.416 e. The van der Waals surface area contributed by atoms with Crippen molar-refractivity contribution in [1.82, 2.24) is 15.3 Å². The fourth-order valence-electron chi connectivity index (χ4n) is 3.16. The Kier molecular flexibility index (Phi) is 7.31. The maximum absolute atomic E-state index is 12.7. The summed E-state index contributed by atoms with van der Waals surface area (Å²) in [7, 11) is 1.49. The summed E-state index contributed by atoms with van der Waals surface area (Å²) in [6.45, 7) is 0.444. The molecule has 0 atom stereocenters. The third-order valence-corrected chi connectivity index (χ3v) is 5.92. The van der Waals surface area contributed by atoms with Gasteiger partial charge in [0.1, 0.15) is 17.3 Å². The number of hydrogen-bond acceptors (Lipinski definition) is 6. The Morgan fingerprint density at radius 1 is 1.00 bits per heavy atom. The Balaban J connectivity index is 1.41. The van der Waals surface area contributed by atoms with Gasteiger partial charge in [0.25, 0.3) is 5.91 Å². The average Bonchev–Trinajstić information content (AvgIpc) is 3.37. The second-order valence-corrected chi connectivity index (χ2v) is 8.28. The number of amides is 1. The second-order valence-electron chi connectivity index (χ2n) is 7.43. The summed E-state index contributed by atoms with van der Waals surface area (Å²) >= 11 is 1.32. The van der Waals surface area contributed by atoms with E-state index in [2.05, 4.69) is 15.3 Å². The third-order valence-electron chi connectivity index (χ3n) is 5.03. The summed E-state index contributed by atoms with van der Waals surface area (Å²) in [5.74, 6) is 0.587. The fourth-order valence-corrected chi connectivity index (χ4v) is 3.95. The van der Waals surface area contributed by atoms with E-state index in [-0.39, 0.29) is 12.5 Å². The molecule has 4 rings (SSSR count). The number of ether oxygens (including phenoxy) is 2. The Hall–Kier alpha value is -3.92. The van der Waals surface area contributed by atoms with E-state index in [1.54, 1.807) is 36.0 Å². The quantitative estimate of drug-likeness (QED) is 0.335. The number of pyridine rings is 1. The molecule has 4 aromatic rings. The van der Waals surface area contributed by atoms with Gasteiger partial charge in [0, 0.05) is 29.9 Å². The number of nitrogens with one attached hydrogen (secondary N) is 1. The lowest BCUT2D eigenvalue weighted by molar-refractivity contribution is -0.137. The first kappa shape index (κ1) is 24.2. The van der Waals surface area contributed by atoms with E-state index < -0.39 is 11.7 Å². The molecule has 2 heterocycles. The van der Waals surface area contributed by atoms with Crippen LogP contribution in [0.5, 0.6) is 11.5 Å². The zero-order valence-corrected chi connectivity index (χ0v) is 19.3. The number of hydrogen-bond donors (Lipinski definition) is 1. The van der Waals surface area contributed by atoms with Crippen LogP contribution < -0.4 is 14.8 Å². The van der Waals surface area contributed by atoms with Crippen molar-refractivity contribution in [2.75, 3.05) is 7.11 Å². The van der Waals surface area contributed by atoms with Crippen LogP contribution >= 0.6 is 11.3 Å². The van der Waals surface area contributed by atoms with Crippen LogP contribution in [0.15, 0.2) is 72.4 Å². The van der Waals surface area contributed by atoms with Crippen LogP contribution in [0.4, 0.5) is 13.2 Å². The molecule has 0 aliphatic carbocycles. The van der Waals surface area contributed by atoms with Gasteiger partial charge >= 0.3 is 6.18 Å². The van der Waals surface area contributed by atoms with Gasteiger partial charge in [-0.1, -0.05) is 12.1 Å². The lowest BCUT2D eigenvalue weighted by atomic mass is 10.1. The minimum absolute atomic E-state index is 0.0763. The molecule has 0 fully saturated rings. The van der Waals surface area contributed by atoms with Gasteiger partial charge in [0.15, 0.2) is 11.5 Å². The molecular weight excluding hydrogens is 479 g/mol. The molecule has 1 N–H and O–H groups in total. The number of thiazole rings is 1. The van der Waals surface area contributed by atoms with Crippen molar-refractivity contribution in [1.29, 1.82) is 0 Å². The summed E-state index contributed by atoms with van der Waals surface area (Å²) in [6.07, 6.45) is -1.06. The van der Waals surface area contributed by atoms with Crippen LogP contribution in [0.3, 0.4) is 0 Å². The van der Waals surface area contributed by atoms with Gasteiger partial charge in [-0.05, 0) is 53.6 Å². The molecule has 0 radical (unpaired) electrons. The molecule has 0 saturated heterocycles. The highest BCUT2D eigenvalue weighted by Crippen LogP contribution is 2.34. The Morgan fingerprint density at radius 3 is 2.43 bits per heavy atom. The van der Waals surface area contributed by atoms with Gasteiger partial charge in [-0.15, -0.1) is 11.3 Å². The van der Waals surface area contributed by atoms with Gasteiger partial charge in [-0.2, -0.15) is 13.2 Å². The highest BCUT2D eigenvalue weighted by molar-refractivity contribution is 7.13. The van der Waals surface area contributed by atoms with E-state index in [1.807, 2.05) is 12.1 Å². The summed E-state index contributed by atoms with van der Waals surface area (Å²) in [5, 5.41) is 5.14. The number of halogens is 3. The van der Waals surface area contributed by atoms with E-state index in [0.29, 0.717) is 34.3 Å². The molecule has 0 spiro atoms. The van der Waals surface area contributed by atoms with Crippen molar-refractivity contribution < 1.29 is 27.4 Å². The number of nitrogens with zero attached hydrogens (tertiary/aromatic N) is 2. The van der Waals surface area contributed by atoms with Gasteiger partial charge in [0.05, 0.1) is 12.7 Å². The van der Waals surface area contributed by atoms with Crippen LogP contribution in [-0.4, -0.2) is 23.0 Å². The van der Waals surface area contributed by atoms with Crippen LogP contribution in [-0.2, 0) is 19.3 Å². The molecule has 0 unspecified atom stereocenters. The van der Waals surface area contributed by atoms with Crippen molar-refractivity contribution in [2.45, 2.75) is 19.3 Å². The number of rotatable bonds is 8. The van der Waals surface area contributed by atoms with Gasteiger partial charge < -0.3 is 14.8 Å². The largest absolute Gasteiger partial charge is 0.493 e. The number of aromatic nitrogens is 2. The number of carbonyl (C=O) groups is 1. The summed E-state index contributed by atoms with van der Waals surface area (Å²) in [6, 6.07) is 13.6. The first-order chi connectivity index (χ1) is 16.8. The first-order valence-corrected chi connectivity index (χ1v) is 11.3. The van der Waals surface area contributed by atoms with Crippen molar-refractivity contribution in [3.63, 3.8) is 0 Å². The summed E-state index contributed by atoms with van der Waals surface area (Å²) < 4.78 is 49.4. The lowest BCUT2D eigenvalue weighted by Crippen LogP contribution is -2.23. The average molecular weight is 500 g/mol. The minimum Gasteiger partial charge on any atom is -0.493 e. The number of benzene rings is 2. The molecule has 6 nitrogen and oxygen atoms in total. The Bertz CT molecular complexity index is 1290. The summed E-state index contributed by atoms with van der Waals surface area (Å²) in [5.41, 5.74) is 1.85. The Morgan fingerprint density at radius 2 is 1.74 bits per heavy atom. The first-order valence-electron chi connectivity index (χ1n) is 10.4. The van der Waals surface area contributed by atoms with Gasteiger partial charge in [-0.25, -0.2) is 4.98 Å². The topological polar surface area (TPSA) is 73.3 Å². The molecule has 0 aliphatic rings. The molecule has 0 aliphatic heterocycles. The van der Waals surface area contributed by atoms with Gasteiger partial charge in [0.2, 0.25) is 0 Å². The summed E-state index contributed by atoms with van der Waals surface area (Å²) in [4.78, 5) is 20.8. The van der Waals surface area contributed by atoms with Crippen LogP contribution in [0.1, 0.15) is 27.2 Å². The van der Waals surface area contributed by atoms with Crippen LogP contribution in [0.25, 0.3) is 10.6 Å². The highest BCUT2D eigenvalue weighted by Gasteiger charge is 2.29. The maximum atomic E-state index is 12.7. The molecule has 2 aromatic carbocycles. The van der Waals surface area contributed by atoms with Crippen molar-refractivity contribution >= 4 is 17.2 Å². The molecule has 35 heavy (non-hydrogen) atoms. The molecule has 0 saturated carbocycles. The SMILES string of the molecule is COc1cc(-c2nc(C(=O)NCc3ccncc3)cs2)ccc1OCc1ccc(C(F)(F)F)cc1. The van der Waals surface area contributed by atoms with Crippen molar-refractivity contribution in [3.8, 4) is 22.1 Å². The molecule has 180 valence electrons. The van der Waals surface area contributed by atoms with E-state index in [9.17, 15) is 18.0 Å². The van der Waals surface area contributed by atoms with E-state index in [0.717, 1.165) is 23.3 Å². The van der Waals surface area contributed by atoms with Crippen molar-refractivity contribution in [2.24, 2.45) is 0 Å². The van der Waals surface area contributed by atoms with E-state index in [4.69, 9.17) is 9.47 Å². The standard InChI is InChI=1S/C25H20F3N3O3S/c1-33-22-12-18(4-7-21(22)34-14-17-2-5-19(6-3-17)25(26,27)28)24-31-20(15-35-24)23(32)30-13-16-8-10-29-11-9-16/h2-12,15H,13-14H2,1H3,(H,30,32). The molecule has 0 bridgehead atoms. The number of carbonyl (C=O) groups excluding carboxylic acids is 1. The smallest absolute Gasteiger partial charge is 0.416 e. The predicted octanol–water partition coefficient (Wildman–Crippen LogP) is 5.74. The van der Waals surface area contributed by atoms with Crippen molar-refractivity contribution in [3.05, 3.63) is 94.8 Å².